The fraction of sp³-hybridized carbons (Fsp3) is 0.524. The van der Waals surface area contributed by atoms with Crippen molar-refractivity contribution in [3.63, 3.8) is 0 Å². The number of carbonyl (C=O) groups excluding carboxylic acids is 1. The zero-order valence-electron chi connectivity index (χ0n) is 15.9. The van der Waals surface area contributed by atoms with Gasteiger partial charge in [-0.25, -0.2) is 9.78 Å². The number of imidazole rings is 1. The fourth-order valence-electron chi connectivity index (χ4n) is 4.29. The van der Waals surface area contributed by atoms with Crippen LogP contribution in [-0.2, 0) is 17.4 Å². The molecule has 6 nitrogen and oxygen atoms in total. The van der Waals surface area contributed by atoms with Crippen LogP contribution in [0.3, 0.4) is 0 Å². The Morgan fingerprint density at radius 2 is 2.11 bits per heavy atom. The molecule has 2 aliphatic heterocycles. The average molecular weight is 367 g/mol. The Balaban J connectivity index is 1.40. The van der Waals surface area contributed by atoms with Gasteiger partial charge in [0.1, 0.15) is 5.75 Å². The fourth-order valence-corrected chi connectivity index (χ4v) is 4.29. The van der Waals surface area contributed by atoms with E-state index in [-0.39, 0.29) is 6.09 Å². The predicted octanol–water partition coefficient (Wildman–Crippen LogP) is 3.63. The van der Waals surface area contributed by atoms with Crippen molar-refractivity contribution in [3.8, 4) is 17.0 Å². The summed E-state index contributed by atoms with van der Waals surface area (Å²) in [6.45, 7) is 3.91. The monoisotopic (exact) mass is 367 g/mol. The number of hydrogen-bond acceptors (Lipinski definition) is 4. The molecule has 1 saturated carbocycles. The number of rotatable bonds is 2. The Hall–Kier alpha value is -2.50. The number of piperidine rings is 1. The molecule has 1 aromatic heterocycles. The molecule has 0 radical (unpaired) electrons. The maximum atomic E-state index is 12.4. The number of fused-ring (bicyclic) bond motifs is 4. The molecular formula is C21H25N3O3. The summed E-state index contributed by atoms with van der Waals surface area (Å²) in [7, 11) is 2.02. The van der Waals surface area contributed by atoms with E-state index in [9.17, 15) is 4.79 Å². The number of hydrogen-bond donors (Lipinski definition) is 0. The van der Waals surface area contributed by atoms with Crippen LogP contribution in [0.2, 0.25) is 0 Å². The van der Waals surface area contributed by atoms with Crippen molar-refractivity contribution >= 4 is 6.09 Å². The summed E-state index contributed by atoms with van der Waals surface area (Å²) in [6.07, 6.45) is 5.53. The van der Waals surface area contributed by atoms with Crippen molar-refractivity contribution in [2.24, 2.45) is 13.0 Å². The Kier molecular flexibility index (Phi) is 3.71. The van der Waals surface area contributed by atoms with E-state index < -0.39 is 5.60 Å². The first kappa shape index (κ1) is 16.7. The number of aryl methyl sites for hydroxylation is 2. The summed E-state index contributed by atoms with van der Waals surface area (Å²) in [4.78, 5) is 18.8. The van der Waals surface area contributed by atoms with Crippen LogP contribution in [-0.4, -0.2) is 40.2 Å². The van der Waals surface area contributed by atoms with Crippen LogP contribution in [0.15, 0.2) is 24.5 Å². The third-order valence-electron chi connectivity index (χ3n) is 6.03. The van der Waals surface area contributed by atoms with E-state index in [2.05, 4.69) is 34.7 Å². The molecule has 1 aromatic carbocycles. The van der Waals surface area contributed by atoms with Crippen LogP contribution in [0.4, 0.5) is 4.79 Å². The van der Waals surface area contributed by atoms with Gasteiger partial charge in [0.2, 0.25) is 0 Å². The van der Waals surface area contributed by atoms with Gasteiger partial charge in [0.05, 0.1) is 24.3 Å². The summed E-state index contributed by atoms with van der Waals surface area (Å²) >= 11 is 0. The quantitative estimate of drug-likeness (QED) is 0.813. The SMILES string of the molecule is Cc1ccc2c(c1)OC1(CCN(C(=O)OCC3CC3)CC1)c1c-2ncn1C. The Bertz CT molecular complexity index is 892. The number of ether oxygens (including phenoxy) is 2. The van der Waals surface area contributed by atoms with Crippen LogP contribution >= 0.6 is 0 Å². The van der Waals surface area contributed by atoms with Crippen molar-refractivity contribution in [3.05, 3.63) is 35.8 Å². The van der Waals surface area contributed by atoms with Crippen LogP contribution in [0.5, 0.6) is 5.75 Å². The number of likely N-dealkylation sites (tertiary alicyclic amines) is 1. The molecule has 6 heteroatoms. The van der Waals surface area contributed by atoms with E-state index in [0.717, 1.165) is 35.5 Å². The minimum atomic E-state index is -0.436. The molecule has 1 amide bonds. The van der Waals surface area contributed by atoms with Gasteiger partial charge in [-0.05, 0) is 43.4 Å². The molecule has 2 aromatic rings. The van der Waals surface area contributed by atoms with Crippen molar-refractivity contribution in [1.29, 1.82) is 0 Å². The molecule has 1 aliphatic carbocycles. The van der Waals surface area contributed by atoms with Crippen LogP contribution in [0.25, 0.3) is 11.3 Å². The van der Waals surface area contributed by atoms with Gasteiger partial charge in [0.15, 0.2) is 5.60 Å². The molecule has 1 saturated heterocycles. The third-order valence-corrected chi connectivity index (χ3v) is 6.03. The van der Waals surface area contributed by atoms with Crippen LogP contribution < -0.4 is 4.74 Å². The second-order valence-electron chi connectivity index (χ2n) is 8.16. The number of benzene rings is 1. The Morgan fingerprint density at radius 1 is 1.33 bits per heavy atom. The molecule has 5 rings (SSSR count). The lowest BCUT2D eigenvalue weighted by Gasteiger charge is -2.44. The normalized spacial score (nSPS) is 20.0. The largest absolute Gasteiger partial charge is 0.480 e. The lowest BCUT2D eigenvalue weighted by atomic mass is 9.83. The highest BCUT2D eigenvalue weighted by atomic mass is 16.6. The second-order valence-corrected chi connectivity index (χ2v) is 8.16. The summed E-state index contributed by atoms with van der Waals surface area (Å²) in [5.41, 5.74) is 3.90. The smallest absolute Gasteiger partial charge is 0.409 e. The number of nitrogens with zero attached hydrogens (tertiary/aromatic N) is 3. The van der Waals surface area contributed by atoms with Gasteiger partial charge in [-0.1, -0.05) is 6.07 Å². The van der Waals surface area contributed by atoms with Crippen molar-refractivity contribution in [2.45, 2.75) is 38.2 Å². The molecule has 2 fully saturated rings. The Morgan fingerprint density at radius 3 is 2.85 bits per heavy atom. The van der Waals surface area contributed by atoms with Crippen molar-refractivity contribution in [2.75, 3.05) is 19.7 Å². The second kappa shape index (κ2) is 6.01. The van der Waals surface area contributed by atoms with Crippen LogP contribution in [0.1, 0.15) is 36.9 Å². The van der Waals surface area contributed by atoms with Gasteiger partial charge in [-0.15, -0.1) is 0 Å². The van der Waals surface area contributed by atoms with E-state index >= 15 is 0 Å². The summed E-state index contributed by atoms with van der Waals surface area (Å²) < 4.78 is 14.1. The van der Waals surface area contributed by atoms with E-state index in [1.807, 2.05) is 18.3 Å². The number of aromatic nitrogens is 2. The molecule has 3 aliphatic rings. The molecule has 142 valence electrons. The highest BCUT2D eigenvalue weighted by Crippen LogP contribution is 2.49. The van der Waals surface area contributed by atoms with E-state index in [0.29, 0.717) is 25.6 Å². The van der Waals surface area contributed by atoms with E-state index in [1.54, 1.807) is 0 Å². The van der Waals surface area contributed by atoms with E-state index in [1.165, 1.54) is 18.4 Å². The highest BCUT2D eigenvalue weighted by molar-refractivity contribution is 5.73. The van der Waals surface area contributed by atoms with Crippen molar-refractivity contribution < 1.29 is 14.3 Å². The average Bonchev–Trinajstić information content (AvgIpc) is 3.41. The summed E-state index contributed by atoms with van der Waals surface area (Å²) in [5, 5.41) is 0. The van der Waals surface area contributed by atoms with Gasteiger partial charge in [-0.3, -0.25) is 0 Å². The molecule has 0 unspecified atom stereocenters. The minimum Gasteiger partial charge on any atom is -0.480 e. The van der Waals surface area contributed by atoms with Gasteiger partial charge >= 0.3 is 6.09 Å². The lowest BCUT2D eigenvalue weighted by molar-refractivity contribution is -0.0110. The van der Waals surface area contributed by atoms with E-state index in [4.69, 9.17) is 9.47 Å². The van der Waals surface area contributed by atoms with Gasteiger partial charge in [0.25, 0.3) is 0 Å². The zero-order valence-corrected chi connectivity index (χ0v) is 15.9. The summed E-state index contributed by atoms with van der Waals surface area (Å²) in [5.74, 6) is 1.48. The number of amides is 1. The molecular weight excluding hydrogens is 342 g/mol. The maximum absolute atomic E-state index is 12.4. The molecule has 3 heterocycles. The summed E-state index contributed by atoms with van der Waals surface area (Å²) in [6, 6.07) is 6.27. The first-order chi connectivity index (χ1) is 13.1. The first-order valence-electron chi connectivity index (χ1n) is 9.79. The first-order valence-corrected chi connectivity index (χ1v) is 9.79. The lowest BCUT2D eigenvalue weighted by Crippen LogP contribution is -2.50. The number of carbonyl (C=O) groups is 1. The topological polar surface area (TPSA) is 56.6 Å². The van der Waals surface area contributed by atoms with Gasteiger partial charge in [0, 0.05) is 38.5 Å². The van der Waals surface area contributed by atoms with Gasteiger partial charge < -0.3 is 18.9 Å². The molecule has 0 bridgehead atoms. The minimum absolute atomic E-state index is 0.186. The maximum Gasteiger partial charge on any atom is 0.409 e. The third kappa shape index (κ3) is 2.78. The Labute approximate surface area is 159 Å². The standard InChI is InChI=1S/C21H25N3O3/c1-14-3-6-16-17(11-14)27-21(19-18(16)22-13-23(19)2)7-9-24(10-8-21)20(25)26-12-15-4-5-15/h3,6,11,13,15H,4-5,7-10,12H2,1-2H3. The molecule has 1 spiro atoms. The van der Waals surface area contributed by atoms with Crippen LogP contribution in [0, 0.1) is 12.8 Å². The van der Waals surface area contributed by atoms with Gasteiger partial charge in [-0.2, -0.15) is 0 Å². The molecule has 0 atom stereocenters. The predicted molar refractivity (Wildman–Crippen MR) is 101 cm³/mol. The van der Waals surface area contributed by atoms with Crippen molar-refractivity contribution in [1.82, 2.24) is 14.5 Å². The highest BCUT2D eigenvalue weighted by Gasteiger charge is 2.47. The zero-order chi connectivity index (χ0) is 18.6. The molecule has 27 heavy (non-hydrogen) atoms. The molecule has 0 N–H and O–H groups in total.